The second-order valence-electron chi connectivity index (χ2n) is 5.68. The van der Waals surface area contributed by atoms with E-state index in [1.54, 1.807) is 0 Å². The summed E-state index contributed by atoms with van der Waals surface area (Å²) in [4.78, 5) is 0. The van der Waals surface area contributed by atoms with Gasteiger partial charge in [0.05, 0.1) is 26.2 Å². The molecule has 0 spiro atoms. The Morgan fingerprint density at radius 2 is 1.27 bits per heavy atom. The van der Waals surface area contributed by atoms with E-state index < -0.39 is 8.07 Å². The topological polar surface area (TPSA) is 0 Å². The molecule has 0 fully saturated rings. The standard InChI is InChI=1S/C12H30NSi.HI/c1-7-13(8-2,9-3)11-10-12-14(4,5)6;/h7-12H2,1-6H3;1H/q+1;/p-1. The van der Waals surface area contributed by atoms with E-state index in [9.17, 15) is 0 Å². The molecular weight excluding hydrogens is 313 g/mol. The van der Waals surface area contributed by atoms with Gasteiger partial charge in [-0.3, -0.25) is 0 Å². The number of hydrogen-bond acceptors (Lipinski definition) is 0. The molecule has 0 aromatic rings. The lowest BCUT2D eigenvalue weighted by atomic mass is 10.3. The predicted molar refractivity (Wildman–Crippen MR) is 69.5 cm³/mol. The maximum atomic E-state index is 2.48. The summed E-state index contributed by atoms with van der Waals surface area (Å²) < 4.78 is 1.32. The molecule has 0 saturated carbocycles. The Balaban J connectivity index is 0. The fraction of sp³-hybridized carbons (Fsp3) is 1.00. The highest BCUT2D eigenvalue weighted by atomic mass is 127. The van der Waals surface area contributed by atoms with Gasteiger partial charge in [0.25, 0.3) is 0 Å². The van der Waals surface area contributed by atoms with Crippen LogP contribution < -0.4 is 24.0 Å². The van der Waals surface area contributed by atoms with Crippen LogP contribution in [0.3, 0.4) is 0 Å². The highest BCUT2D eigenvalue weighted by Crippen LogP contribution is 2.15. The van der Waals surface area contributed by atoms with Crippen molar-refractivity contribution in [1.82, 2.24) is 0 Å². The van der Waals surface area contributed by atoms with Gasteiger partial charge in [0.15, 0.2) is 0 Å². The second-order valence-corrected chi connectivity index (χ2v) is 11.3. The number of hydrogen-bond donors (Lipinski definition) is 0. The fourth-order valence-corrected chi connectivity index (χ4v) is 3.31. The summed E-state index contributed by atoms with van der Waals surface area (Å²) in [6.07, 6.45) is 1.44. The summed E-state index contributed by atoms with van der Waals surface area (Å²) in [5.41, 5.74) is 0. The zero-order valence-corrected chi connectivity index (χ0v) is 14.7. The lowest BCUT2D eigenvalue weighted by molar-refractivity contribution is -0.923. The van der Waals surface area contributed by atoms with Crippen molar-refractivity contribution >= 4 is 8.07 Å². The van der Waals surface area contributed by atoms with Gasteiger partial charge in [0, 0.05) is 8.07 Å². The molecule has 0 radical (unpaired) electrons. The van der Waals surface area contributed by atoms with E-state index >= 15 is 0 Å². The first-order valence-electron chi connectivity index (χ1n) is 6.24. The first-order chi connectivity index (χ1) is 6.39. The Morgan fingerprint density at radius 3 is 1.53 bits per heavy atom. The van der Waals surface area contributed by atoms with Crippen LogP contribution in [0.2, 0.25) is 25.7 Å². The average molecular weight is 343 g/mol. The van der Waals surface area contributed by atoms with Gasteiger partial charge in [0.2, 0.25) is 0 Å². The van der Waals surface area contributed by atoms with Gasteiger partial charge >= 0.3 is 0 Å². The van der Waals surface area contributed by atoms with E-state index in [-0.39, 0.29) is 24.0 Å². The van der Waals surface area contributed by atoms with Crippen molar-refractivity contribution in [2.75, 3.05) is 26.2 Å². The maximum absolute atomic E-state index is 2.48. The minimum atomic E-state index is -0.805. The zero-order chi connectivity index (χ0) is 11.2. The van der Waals surface area contributed by atoms with Crippen LogP contribution >= 0.6 is 0 Å². The van der Waals surface area contributed by atoms with Crippen molar-refractivity contribution in [3.05, 3.63) is 0 Å². The molecule has 0 aromatic heterocycles. The van der Waals surface area contributed by atoms with Crippen molar-refractivity contribution in [2.24, 2.45) is 0 Å². The Labute approximate surface area is 115 Å². The first-order valence-corrected chi connectivity index (χ1v) is 9.95. The molecule has 0 N–H and O–H groups in total. The molecule has 3 heteroatoms. The second kappa shape index (κ2) is 8.07. The highest BCUT2D eigenvalue weighted by Gasteiger charge is 2.21. The van der Waals surface area contributed by atoms with Crippen LogP contribution in [0.1, 0.15) is 27.2 Å². The van der Waals surface area contributed by atoms with Gasteiger partial charge in [-0.1, -0.05) is 25.7 Å². The molecule has 0 bridgehead atoms. The van der Waals surface area contributed by atoms with Crippen LogP contribution in [0.25, 0.3) is 0 Å². The molecule has 0 aliphatic rings. The van der Waals surface area contributed by atoms with E-state index in [0.717, 1.165) is 0 Å². The summed E-state index contributed by atoms with van der Waals surface area (Å²) in [6, 6.07) is 1.49. The van der Waals surface area contributed by atoms with E-state index in [2.05, 4.69) is 40.4 Å². The van der Waals surface area contributed by atoms with Crippen molar-refractivity contribution in [2.45, 2.75) is 52.9 Å². The summed E-state index contributed by atoms with van der Waals surface area (Å²) in [6.45, 7) is 19.7. The predicted octanol–water partition coefficient (Wildman–Crippen LogP) is 0.595. The van der Waals surface area contributed by atoms with Gasteiger partial charge in [0.1, 0.15) is 0 Å². The summed E-state index contributed by atoms with van der Waals surface area (Å²) in [7, 11) is -0.805. The third-order valence-electron chi connectivity index (χ3n) is 3.57. The normalized spacial score (nSPS) is 12.4. The van der Waals surface area contributed by atoms with Crippen LogP contribution in [0.4, 0.5) is 0 Å². The molecule has 0 aliphatic carbocycles. The van der Waals surface area contributed by atoms with Gasteiger partial charge < -0.3 is 28.5 Å². The molecule has 0 aromatic carbocycles. The van der Waals surface area contributed by atoms with Crippen molar-refractivity contribution in [3.63, 3.8) is 0 Å². The lowest BCUT2D eigenvalue weighted by Gasteiger charge is -2.36. The summed E-state index contributed by atoms with van der Waals surface area (Å²) in [5, 5.41) is 0. The first kappa shape index (κ1) is 18.3. The van der Waals surface area contributed by atoms with E-state index in [0.29, 0.717) is 0 Å². The van der Waals surface area contributed by atoms with E-state index in [1.165, 1.54) is 43.1 Å². The number of rotatable bonds is 7. The molecule has 1 nitrogen and oxygen atoms in total. The molecule has 0 heterocycles. The minimum absolute atomic E-state index is 0. The van der Waals surface area contributed by atoms with Gasteiger partial charge in [-0.25, -0.2) is 0 Å². The number of halogens is 1. The number of nitrogens with zero attached hydrogens (tertiary/aromatic N) is 1. The monoisotopic (exact) mass is 343 g/mol. The molecule has 0 amide bonds. The molecule has 0 unspecified atom stereocenters. The van der Waals surface area contributed by atoms with Crippen LogP contribution in [-0.4, -0.2) is 38.7 Å². The molecule has 0 rings (SSSR count). The SMILES string of the molecule is CC[N+](CC)(CC)CCC[Si](C)(C)C.[I-]. The Bertz CT molecular complexity index is 142. The maximum Gasteiger partial charge on any atom is 0.0783 e. The third kappa shape index (κ3) is 7.74. The zero-order valence-electron chi connectivity index (χ0n) is 11.6. The molecule has 94 valence electrons. The largest absolute Gasteiger partial charge is 1.00 e. The quantitative estimate of drug-likeness (QED) is 0.361. The summed E-state index contributed by atoms with van der Waals surface area (Å²) in [5.74, 6) is 0. The summed E-state index contributed by atoms with van der Waals surface area (Å²) >= 11 is 0. The van der Waals surface area contributed by atoms with Crippen molar-refractivity contribution in [3.8, 4) is 0 Å². The molecule has 0 aliphatic heterocycles. The van der Waals surface area contributed by atoms with Crippen LogP contribution in [0.15, 0.2) is 0 Å². The third-order valence-corrected chi connectivity index (χ3v) is 5.43. The van der Waals surface area contributed by atoms with Gasteiger partial charge in [-0.15, -0.1) is 0 Å². The fourth-order valence-electron chi connectivity index (χ4n) is 2.09. The minimum Gasteiger partial charge on any atom is -1.00 e. The van der Waals surface area contributed by atoms with Gasteiger partial charge in [-0.05, 0) is 27.2 Å². The molecule has 0 saturated heterocycles. The van der Waals surface area contributed by atoms with Crippen LogP contribution in [-0.2, 0) is 0 Å². The van der Waals surface area contributed by atoms with Crippen molar-refractivity contribution in [1.29, 1.82) is 0 Å². The van der Waals surface area contributed by atoms with E-state index in [1.807, 2.05) is 0 Å². The number of quaternary nitrogens is 1. The Hall–Kier alpha value is 0.907. The van der Waals surface area contributed by atoms with Crippen LogP contribution in [0.5, 0.6) is 0 Å². The van der Waals surface area contributed by atoms with Gasteiger partial charge in [-0.2, -0.15) is 0 Å². The Morgan fingerprint density at radius 1 is 0.867 bits per heavy atom. The Kier molecular flexibility index (Phi) is 9.83. The van der Waals surface area contributed by atoms with Crippen LogP contribution in [0, 0.1) is 0 Å². The highest BCUT2D eigenvalue weighted by molar-refractivity contribution is 6.76. The molecule has 15 heavy (non-hydrogen) atoms. The molecule has 0 atom stereocenters. The average Bonchev–Trinajstić information content (AvgIpc) is 2.11. The van der Waals surface area contributed by atoms with Crippen molar-refractivity contribution < 1.29 is 28.5 Å². The lowest BCUT2D eigenvalue weighted by Crippen LogP contribution is -3.00. The smallest absolute Gasteiger partial charge is 0.0783 e. The molecular formula is C12H30INSi. The van der Waals surface area contributed by atoms with E-state index in [4.69, 9.17) is 0 Å².